The lowest BCUT2D eigenvalue weighted by Crippen LogP contribution is -2.21. The molecule has 0 bridgehead atoms. The van der Waals surface area contributed by atoms with Gasteiger partial charge in [-0.25, -0.2) is 9.59 Å². The molecule has 120 valence electrons. The summed E-state index contributed by atoms with van der Waals surface area (Å²) >= 11 is 0. The Kier molecular flexibility index (Phi) is 3.98. The molecule has 0 saturated carbocycles. The standard InChI is InChI=1S/C17H13N3O4/c18-17(23)20-12-6-3-5-11(9-12)19-15(21)13-8-10-4-1-2-7-14(10)24-16(13)22/h1-9H,(H,19,21)(H3,18,20,23). The van der Waals surface area contributed by atoms with Crippen LogP contribution < -0.4 is 22.0 Å². The van der Waals surface area contributed by atoms with Gasteiger partial charge in [0, 0.05) is 16.8 Å². The van der Waals surface area contributed by atoms with Crippen molar-refractivity contribution in [2.24, 2.45) is 5.73 Å². The van der Waals surface area contributed by atoms with Gasteiger partial charge in [-0.1, -0.05) is 24.3 Å². The molecule has 4 N–H and O–H groups in total. The molecule has 0 unspecified atom stereocenters. The number of amides is 3. The third kappa shape index (κ3) is 3.25. The first-order chi connectivity index (χ1) is 11.5. The van der Waals surface area contributed by atoms with E-state index in [9.17, 15) is 14.4 Å². The molecule has 2 aromatic carbocycles. The molecule has 1 aromatic heterocycles. The third-order valence-corrected chi connectivity index (χ3v) is 3.27. The highest BCUT2D eigenvalue weighted by Gasteiger charge is 2.14. The van der Waals surface area contributed by atoms with Gasteiger partial charge in [0.25, 0.3) is 5.91 Å². The molecule has 0 atom stereocenters. The summed E-state index contributed by atoms with van der Waals surface area (Å²) in [5.74, 6) is -0.606. The Hall–Kier alpha value is -3.61. The zero-order chi connectivity index (χ0) is 17.1. The van der Waals surface area contributed by atoms with Gasteiger partial charge >= 0.3 is 11.7 Å². The zero-order valence-corrected chi connectivity index (χ0v) is 12.4. The molecule has 3 rings (SSSR count). The molecule has 0 aliphatic heterocycles. The average molecular weight is 323 g/mol. The van der Waals surface area contributed by atoms with E-state index in [4.69, 9.17) is 10.2 Å². The van der Waals surface area contributed by atoms with E-state index >= 15 is 0 Å². The first-order valence-electron chi connectivity index (χ1n) is 7.04. The van der Waals surface area contributed by atoms with E-state index in [2.05, 4.69) is 10.6 Å². The van der Waals surface area contributed by atoms with Gasteiger partial charge in [-0.05, 0) is 30.3 Å². The first kappa shape index (κ1) is 15.3. The van der Waals surface area contributed by atoms with Gasteiger partial charge in [-0.2, -0.15) is 0 Å². The summed E-state index contributed by atoms with van der Waals surface area (Å²) in [5.41, 5.74) is 5.45. The highest BCUT2D eigenvalue weighted by Crippen LogP contribution is 2.17. The summed E-state index contributed by atoms with van der Waals surface area (Å²) in [4.78, 5) is 35.2. The van der Waals surface area contributed by atoms with Gasteiger partial charge in [-0.3, -0.25) is 4.79 Å². The second-order valence-corrected chi connectivity index (χ2v) is 5.01. The maximum atomic E-state index is 12.3. The van der Waals surface area contributed by atoms with Crippen LogP contribution in [0, 0.1) is 0 Å². The molecule has 3 amide bonds. The smallest absolute Gasteiger partial charge is 0.349 e. The number of hydrogen-bond donors (Lipinski definition) is 3. The van der Waals surface area contributed by atoms with Crippen LogP contribution in [0.15, 0.2) is 63.8 Å². The first-order valence-corrected chi connectivity index (χ1v) is 7.04. The topological polar surface area (TPSA) is 114 Å². The number of rotatable bonds is 3. The highest BCUT2D eigenvalue weighted by atomic mass is 16.4. The van der Waals surface area contributed by atoms with Crippen molar-refractivity contribution in [3.8, 4) is 0 Å². The molecular weight excluding hydrogens is 310 g/mol. The van der Waals surface area contributed by atoms with Crippen LogP contribution in [0.25, 0.3) is 11.0 Å². The molecule has 0 aliphatic carbocycles. The van der Waals surface area contributed by atoms with Gasteiger partial charge < -0.3 is 20.8 Å². The van der Waals surface area contributed by atoms with Gasteiger partial charge in [0.1, 0.15) is 11.1 Å². The molecule has 3 aromatic rings. The molecule has 0 aliphatic rings. The average Bonchev–Trinajstić information content (AvgIpc) is 2.53. The lowest BCUT2D eigenvalue weighted by Gasteiger charge is -2.07. The number of primary amides is 1. The number of carbonyl (C=O) groups excluding carboxylic acids is 2. The number of para-hydroxylation sites is 1. The third-order valence-electron chi connectivity index (χ3n) is 3.27. The molecular formula is C17H13N3O4. The fourth-order valence-corrected chi connectivity index (χ4v) is 2.24. The van der Waals surface area contributed by atoms with Crippen molar-refractivity contribution in [3.63, 3.8) is 0 Å². The second kappa shape index (κ2) is 6.25. The second-order valence-electron chi connectivity index (χ2n) is 5.01. The molecule has 1 heterocycles. The van der Waals surface area contributed by atoms with Crippen molar-refractivity contribution in [1.82, 2.24) is 0 Å². The van der Waals surface area contributed by atoms with Crippen molar-refractivity contribution in [1.29, 1.82) is 0 Å². The molecule has 0 saturated heterocycles. The Labute approximate surface area is 136 Å². The molecule has 0 radical (unpaired) electrons. The van der Waals surface area contributed by atoms with E-state index in [-0.39, 0.29) is 5.56 Å². The number of carbonyl (C=O) groups is 2. The van der Waals surface area contributed by atoms with Gasteiger partial charge in [-0.15, -0.1) is 0 Å². The molecule has 24 heavy (non-hydrogen) atoms. The van der Waals surface area contributed by atoms with Crippen LogP contribution in [0.2, 0.25) is 0 Å². The highest BCUT2D eigenvalue weighted by molar-refractivity contribution is 6.05. The van der Waals surface area contributed by atoms with E-state index in [0.29, 0.717) is 22.3 Å². The fraction of sp³-hybridized carbons (Fsp3) is 0. The summed E-state index contributed by atoms with van der Waals surface area (Å²) in [6.07, 6.45) is 0. The number of nitrogens with two attached hydrogens (primary N) is 1. The Morgan fingerprint density at radius 1 is 0.917 bits per heavy atom. The Balaban J connectivity index is 1.89. The van der Waals surface area contributed by atoms with Crippen LogP contribution in [0.3, 0.4) is 0 Å². The van der Waals surface area contributed by atoms with Crippen molar-refractivity contribution in [3.05, 3.63) is 70.6 Å². The van der Waals surface area contributed by atoms with Crippen LogP contribution >= 0.6 is 0 Å². The van der Waals surface area contributed by atoms with Crippen molar-refractivity contribution >= 4 is 34.3 Å². The van der Waals surface area contributed by atoms with Crippen LogP contribution in [-0.2, 0) is 0 Å². The fourth-order valence-electron chi connectivity index (χ4n) is 2.24. The predicted molar refractivity (Wildman–Crippen MR) is 90.1 cm³/mol. The number of nitrogens with one attached hydrogen (secondary N) is 2. The van der Waals surface area contributed by atoms with E-state index in [1.807, 2.05) is 0 Å². The maximum Gasteiger partial charge on any atom is 0.349 e. The van der Waals surface area contributed by atoms with E-state index in [0.717, 1.165) is 0 Å². The lowest BCUT2D eigenvalue weighted by atomic mass is 10.1. The van der Waals surface area contributed by atoms with Gasteiger partial charge in [0.15, 0.2) is 0 Å². The molecule has 0 fully saturated rings. The largest absolute Gasteiger partial charge is 0.422 e. The summed E-state index contributed by atoms with van der Waals surface area (Å²) in [7, 11) is 0. The van der Waals surface area contributed by atoms with E-state index in [1.54, 1.807) is 42.5 Å². The quantitative estimate of drug-likeness (QED) is 0.642. The minimum atomic E-state index is -0.724. The Bertz CT molecular complexity index is 994. The number of hydrogen-bond acceptors (Lipinski definition) is 4. The SMILES string of the molecule is NC(=O)Nc1cccc(NC(=O)c2cc3ccccc3oc2=O)c1. The number of anilines is 2. The predicted octanol–water partition coefficient (Wildman–Crippen LogP) is 2.54. The van der Waals surface area contributed by atoms with Gasteiger partial charge in [0.2, 0.25) is 0 Å². The summed E-state index contributed by atoms with van der Waals surface area (Å²) < 4.78 is 5.14. The summed E-state index contributed by atoms with van der Waals surface area (Å²) in [6.45, 7) is 0. The van der Waals surface area contributed by atoms with E-state index < -0.39 is 17.6 Å². The summed E-state index contributed by atoms with van der Waals surface area (Å²) in [5, 5.41) is 5.63. The summed E-state index contributed by atoms with van der Waals surface area (Å²) in [6, 6.07) is 14.1. The van der Waals surface area contributed by atoms with E-state index in [1.165, 1.54) is 12.1 Å². The van der Waals surface area contributed by atoms with Crippen LogP contribution in [-0.4, -0.2) is 11.9 Å². The Morgan fingerprint density at radius 2 is 1.62 bits per heavy atom. The lowest BCUT2D eigenvalue weighted by molar-refractivity contribution is 0.102. The minimum absolute atomic E-state index is 0.109. The Morgan fingerprint density at radius 3 is 2.38 bits per heavy atom. The number of urea groups is 1. The van der Waals surface area contributed by atoms with Crippen molar-refractivity contribution in [2.45, 2.75) is 0 Å². The van der Waals surface area contributed by atoms with Gasteiger partial charge in [0.05, 0.1) is 0 Å². The molecule has 7 nitrogen and oxygen atoms in total. The monoisotopic (exact) mass is 323 g/mol. The number of fused-ring (bicyclic) bond motifs is 1. The van der Waals surface area contributed by atoms with Crippen LogP contribution in [0.5, 0.6) is 0 Å². The van der Waals surface area contributed by atoms with Crippen molar-refractivity contribution in [2.75, 3.05) is 10.6 Å². The maximum absolute atomic E-state index is 12.3. The van der Waals surface area contributed by atoms with Crippen LogP contribution in [0.4, 0.5) is 16.2 Å². The van der Waals surface area contributed by atoms with Crippen molar-refractivity contribution < 1.29 is 14.0 Å². The van der Waals surface area contributed by atoms with Crippen LogP contribution in [0.1, 0.15) is 10.4 Å². The zero-order valence-electron chi connectivity index (χ0n) is 12.4. The molecule has 7 heteroatoms. The number of benzene rings is 2. The molecule has 0 spiro atoms. The normalized spacial score (nSPS) is 10.3. The minimum Gasteiger partial charge on any atom is -0.422 e.